The normalized spacial score (nSPS) is 10.5. The quantitative estimate of drug-likeness (QED) is 0.673. The van der Waals surface area contributed by atoms with Crippen LogP contribution >= 0.6 is 15.9 Å². The van der Waals surface area contributed by atoms with Gasteiger partial charge in [-0.3, -0.25) is 4.98 Å². The molecule has 122 valence electrons. The number of aryl methyl sites for hydroxylation is 2. The van der Waals surface area contributed by atoms with Crippen molar-refractivity contribution < 1.29 is 0 Å². The molecule has 5 nitrogen and oxygen atoms in total. The number of rotatable bonds is 5. The minimum atomic E-state index is 0.616. The van der Waals surface area contributed by atoms with Gasteiger partial charge < -0.3 is 10.6 Å². The minimum Gasteiger partial charge on any atom is -0.364 e. The first-order valence-electron chi connectivity index (χ1n) is 7.63. The van der Waals surface area contributed by atoms with E-state index >= 15 is 0 Å². The molecule has 1 aromatic carbocycles. The summed E-state index contributed by atoms with van der Waals surface area (Å²) in [4.78, 5) is 13.2. The summed E-state index contributed by atoms with van der Waals surface area (Å²) in [5, 5.41) is 6.61. The zero-order valence-corrected chi connectivity index (χ0v) is 15.1. The van der Waals surface area contributed by atoms with E-state index in [2.05, 4.69) is 60.6 Å². The van der Waals surface area contributed by atoms with E-state index in [-0.39, 0.29) is 0 Å². The summed E-state index contributed by atoms with van der Waals surface area (Å²) in [7, 11) is 0. The second-order valence-electron chi connectivity index (χ2n) is 5.47. The highest BCUT2D eigenvalue weighted by molar-refractivity contribution is 9.10. The van der Waals surface area contributed by atoms with Crippen LogP contribution in [0.25, 0.3) is 0 Å². The van der Waals surface area contributed by atoms with E-state index in [0.29, 0.717) is 12.4 Å². The molecule has 2 aromatic heterocycles. The van der Waals surface area contributed by atoms with Gasteiger partial charge in [0.2, 0.25) is 0 Å². The Bertz CT molecular complexity index is 836. The summed E-state index contributed by atoms with van der Waals surface area (Å²) in [6, 6.07) is 13.9. The van der Waals surface area contributed by atoms with E-state index in [1.807, 2.05) is 37.3 Å². The van der Waals surface area contributed by atoms with Crippen molar-refractivity contribution in [1.29, 1.82) is 0 Å². The lowest BCUT2D eigenvalue weighted by Gasteiger charge is -2.11. The monoisotopic (exact) mass is 383 g/mol. The fraction of sp³-hybridized carbons (Fsp3) is 0.167. The predicted octanol–water partition coefficient (Wildman–Crippen LogP) is 4.61. The number of hydrogen-bond acceptors (Lipinski definition) is 5. The maximum Gasteiger partial charge on any atom is 0.136 e. The Morgan fingerprint density at radius 3 is 2.58 bits per heavy atom. The molecule has 0 amide bonds. The molecular weight excluding hydrogens is 366 g/mol. The van der Waals surface area contributed by atoms with Gasteiger partial charge in [0.15, 0.2) is 0 Å². The van der Waals surface area contributed by atoms with Crippen LogP contribution in [0.1, 0.15) is 17.1 Å². The van der Waals surface area contributed by atoms with Crippen LogP contribution in [0.5, 0.6) is 0 Å². The third kappa shape index (κ3) is 4.29. The Balaban J connectivity index is 1.76. The number of nitrogens with zero attached hydrogens (tertiary/aromatic N) is 3. The minimum absolute atomic E-state index is 0.616. The molecule has 0 unspecified atom stereocenters. The highest BCUT2D eigenvalue weighted by Gasteiger charge is 2.05. The topological polar surface area (TPSA) is 62.7 Å². The Morgan fingerprint density at radius 1 is 1.00 bits per heavy atom. The van der Waals surface area contributed by atoms with E-state index in [0.717, 1.165) is 27.5 Å². The van der Waals surface area contributed by atoms with Gasteiger partial charge in [0, 0.05) is 16.7 Å². The highest BCUT2D eigenvalue weighted by atomic mass is 79.9. The smallest absolute Gasteiger partial charge is 0.136 e. The fourth-order valence-corrected chi connectivity index (χ4v) is 2.86. The summed E-state index contributed by atoms with van der Waals surface area (Å²) < 4.78 is 1.00. The van der Waals surface area contributed by atoms with Gasteiger partial charge in [0.1, 0.15) is 17.5 Å². The van der Waals surface area contributed by atoms with Crippen molar-refractivity contribution >= 4 is 33.3 Å². The van der Waals surface area contributed by atoms with E-state index in [9.17, 15) is 0 Å². The lowest BCUT2D eigenvalue weighted by molar-refractivity contribution is 0.996. The molecule has 0 aliphatic rings. The predicted molar refractivity (Wildman–Crippen MR) is 100 cm³/mol. The van der Waals surface area contributed by atoms with Crippen molar-refractivity contribution in [2.24, 2.45) is 0 Å². The van der Waals surface area contributed by atoms with Crippen LogP contribution < -0.4 is 10.6 Å². The standard InChI is InChI=1S/C18H18BrN5/c1-12-6-7-16(15(19)9-12)24-18-10-17(22-13(2)23-18)21-11-14-5-3-4-8-20-14/h3-10H,11H2,1-2H3,(H2,21,22,23,24). The molecule has 0 fully saturated rings. The largest absolute Gasteiger partial charge is 0.364 e. The van der Waals surface area contributed by atoms with Crippen molar-refractivity contribution in [2.75, 3.05) is 10.6 Å². The molecule has 0 aliphatic carbocycles. The second-order valence-corrected chi connectivity index (χ2v) is 6.32. The molecule has 0 saturated heterocycles. The molecule has 0 saturated carbocycles. The van der Waals surface area contributed by atoms with Gasteiger partial charge in [-0.1, -0.05) is 12.1 Å². The first-order valence-corrected chi connectivity index (χ1v) is 8.42. The number of aromatic nitrogens is 3. The van der Waals surface area contributed by atoms with Crippen LogP contribution in [0.3, 0.4) is 0 Å². The second kappa shape index (κ2) is 7.40. The fourth-order valence-electron chi connectivity index (χ4n) is 2.27. The zero-order valence-electron chi connectivity index (χ0n) is 13.5. The molecule has 2 heterocycles. The Morgan fingerprint density at radius 2 is 1.83 bits per heavy atom. The highest BCUT2D eigenvalue weighted by Crippen LogP contribution is 2.26. The van der Waals surface area contributed by atoms with Gasteiger partial charge in [-0.05, 0) is 59.6 Å². The first-order chi connectivity index (χ1) is 11.6. The Labute approximate surface area is 149 Å². The van der Waals surface area contributed by atoms with Crippen LogP contribution in [0.2, 0.25) is 0 Å². The van der Waals surface area contributed by atoms with E-state index in [1.54, 1.807) is 6.20 Å². The molecule has 3 rings (SSSR count). The van der Waals surface area contributed by atoms with Crippen molar-refractivity contribution in [3.05, 3.63) is 70.2 Å². The number of benzene rings is 1. The van der Waals surface area contributed by atoms with Crippen LogP contribution in [-0.2, 0) is 6.54 Å². The maximum atomic E-state index is 4.45. The van der Waals surface area contributed by atoms with E-state index < -0.39 is 0 Å². The van der Waals surface area contributed by atoms with Gasteiger partial charge >= 0.3 is 0 Å². The molecule has 0 atom stereocenters. The van der Waals surface area contributed by atoms with Gasteiger partial charge in [0.05, 0.1) is 17.9 Å². The average Bonchev–Trinajstić information content (AvgIpc) is 2.56. The lowest BCUT2D eigenvalue weighted by Crippen LogP contribution is -2.06. The zero-order chi connectivity index (χ0) is 16.9. The maximum absolute atomic E-state index is 4.45. The Kier molecular flexibility index (Phi) is 5.05. The SMILES string of the molecule is Cc1ccc(Nc2cc(NCc3ccccn3)nc(C)n2)c(Br)c1. The number of nitrogens with one attached hydrogen (secondary N) is 2. The van der Waals surface area contributed by atoms with Crippen molar-refractivity contribution in [1.82, 2.24) is 15.0 Å². The third-order valence-corrected chi connectivity index (χ3v) is 4.06. The number of anilines is 3. The van der Waals surface area contributed by atoms with Crippen LogP contribution in [0.15, 0.2) is 53.1 Å². The molecule has 0 radical (unpaired) electrons. The molecule has 2 N–H and O–H groups in total. The molecule has 0 aliphatic heterocycles. The van der Waals surface area contributed by atoms with Gasteiger partial charge in [-0.15, -0.1) is 0 Å². The molecule has 0 bridgehead atoms. The van der Waals surface area contributed by atoms with Crippen molar-refractivity contribution in [3.8, 4) is 0 Å². The summed E-state index contributed by atoms with van der Waals surface area (Å²) in [6.07, 6.45) is 1.78. The summed E-state index contributed by atoms with van der Waals surface area (Å²) in [5.74, 6) is 2.21. The first kappa shape index (κ1) is 16.4. The van der Waals surface area contributed by atoms with E-state index in [4.69, 9.17) is 0 Å². The van der Waals surface area contributed by atoms with Gasteiger partial charge in [-0.25, -0.2) is 9.97 Å². The van der Waals surface area contributed by atoms with Crippen LogP contribution in [-0.4, -0.2) is 15.0 Å². The molecule has 3 aromatic rings. The molecule has 24 heavy (non-hydrogen) atoms. The summed E-state index contributed by atoms with van der Waals surface area (Å²) in [6.45, 7) is 4.55. The lowest BCUT2D eigenvalue weighted by atomic mass is 10.2. The molecule has 6 heteroatoms. The van der Waals surface area contributed by atoms with Gasteiger partial charge in [-0.2, -0.15) is 0 Å². The number of pyridine rings is 1. The van der Waals surface area contributed by atoms with Crippen molar-refractivity contribution in [2.45, 2.75) is 20.4 Å². The van der Waals surface area contributed by atoms with Gasteiger partial charge in [0.25, 0.3) is 0 Å². The van der Waals surface area contributed by atoms with E-state index in [1.165, 1.54) is 5.56 Å². The molecule has 0 spiro atoms. The third-order valence-electron chi connectivity index (χ3n) is 3.40. The van der Waals surface area contributed by atoms with Crippen LogP contribution in [0.4, 0.5) is 17.3 Å². The van der Waals surface area contributed by atoms with Crippen LogP contribution in [0, 0.1) is 13.8 Å². The Hall–Kier alpha value is -2.47. The van der Waals surface area contributed by atoms with Crippen molar-refractivity contribution in [3.63, 3.8) is 0 Å². The number of halogens is 1. The average molecular weight is 384 g/mol. The number of hydrogen-bond donors (Lipinski definition) is 2. The summed E-state index contributed by atoms with van der Waals surface area (Å²) in [5.41, 5.74) is 3.13. The summed E-state index contributed by atoms with van der Waals surface area (Å²) >= 11 is 3.57. The molecular formula is C18H18BrN5.